The van der Waals surface area contributed by atoms with Crippen molar-refractivity contribution < 1.29 is 13.9 Å². The van der Waals surface area contributed by atoms with E-state index in [1.165, 1.54) is 7.11 Å². The molecule has 0 bridgehead atoms. The number of esters is 1. The predicted molar refractivity (Wildman–Crippen MR) is 80.7 cm³/mol. The van der Waals surface area contributed by atoms with Gasteiger partial charge in [0.25, 0.3) is 0 Å². The maximum Gasteiger partial charge on any atom is 0.305 e. The summed E-state index contributed by atoms with van der Waals surface area (Å²) < 4.78 is 10.1. The van der Waals surface area contributed by atoms with Gasteiger partial charge in [-0.25, -0.2) is 4.98 Å². The van der Waals surface area contributed by atoms with E-state index in [4.69, 9.17) is 4.42 Å². The zero-order valence-electron chi connectivity index (χ0n) is 12.4. The van der Waals surface area contributed by atoms with E-state index >= 15 is 0 Å². The van der Waals surface area contributed by atoms with Crippen LogP contribution < -0.4 is 0 Å². The van der Waals surface area contributed by atoms with Gasteiger partial charge in [0.2, 0.25) is 0 Å². The van der Waals surface area contributed by atoms with Crippen molar-refractivity contribution in [3.05, 3.63) is 42.5 Å². The van der Waals surface area contributed by atoms with Gasteiger partial charge in [-0.05, 0) is 12.8 Å². The highest BCUT2D eigenvalue weighted by molar-refractivity contribution is 5.68. The minimum Gasteiger partial charge on any atom is -0.469 e. The smallest absolute Gasteiger partial charge is 0.305 e. The molecule has 4 heteroatoms. The molecule has 1 heterocycles. The number of unbranched alkanes of at least 4 members (excludes halogenated alkanes) is 3. The van der Waals surface area contributed by atoms with Crippen molar-refractivity contribution in [2.75, 3.05) is 7.11 Å². The molecule has 0 aliphatic rings. The number of rotatable bonds is 8. The first-order valence-electron chi connectivity index (χ1n) is 7.36. The Kier molecular flexibility index (Phi) is 6.00. The molecule has 0 N–H and O–H groups in total. The largest absolute Gasteiger partial charge is 0.469 e. The maximum absolute atomic E-state index is 11.0. The van der Waals surface area contributed by atoms with Crippen molar-refractivity contribution in [1.29, 1.82) is 0 Å². The molecule has 0 radical (unpaired) electrons. The summed E-state index contributed by atoms with van der Waals surface area (Å²) >= 11 is 0. The van der Waals surface area contributed by atoms with Crippen LogP contribution >= 0.6 is 0 Å². The molecule has 4 nitrogen and oxygen atoms in total. The lowest BCUT2D eigenvalue weighted by atomic mass is 10.1. The van der Waals surface area contributed by atoms with Gasteiger partial charge in [-0.3, -0.25) is 4.79 Å². The van der Waals surface area contributed by atoms with Crippen LogP contribution in [0.25, 0.3) is 11.3 Å². The molecule has 0 atom stereocenters. The highest BCUT2D eigenvalue weighted by Crippen LogP contribution is 2.19. The Bertz CT molecular complexity index is 548. The SMILES string of the molecule is COC(=O)CCCCCCc1nc(-c2ccccc2)co1. The molecular formula is C17H21NO3. The van der Waals surface area contributed by atoms with Crippen LogP contribution in [-0.2, 0) is 16.0 Å². The quantitative estimate of drug-likeness (QED) is 0.544. The van der Waals surface area contributed by atoms with Gasteiger partial charge < -0.3 is 9.15 Å². The van der Waals surface area contributed by atoms with Gasteiger partial charge in [-0.1, -0.05) is 43.2 Å². The van der Waals surface area contributed by atoms with E-state index in [1.54, 1.807) is 6.26 Å². The van der Waals surface area contributed by atoms with Crippen molar-refractivity contribution >= 4 is 5.97 Å². The van der Waals surface area contributed by atoms with Crippen LogP contribution in [0, 0.1) is 0 Å². The fourth-order valence-corrected chi connectivity index (χ4v) is 2.17. The standard InChI is InChI=1S/C17H21NO3/c1-20-17(19)12-8-3-2-7-11-16-18-15(13-21-16)14-9-5-4-6-10-14/h4-6,9-10,13H,2-3,7-8,11-12H2,1H3. The van der Waals surface area contributed by atoms with Gasteiger partial charge in [-0.2, -0.15) is 0 Å². The minimum absolute atomic E-state index is 0.129. The second kappa shape index (κ2) is 8.25. The van der Waals surface area contributed by atoms with Gasteiger partial charge in [0.05, 0.1) is 7.11 Å². The van der Waals surface area contributed by atoms with Crippen LogP contribution in [0.1, 0.15) is 38.0 Å². The third-order valence-electron chi connectivity index (χ3n) is 3.37. The average molecular weight is 287 g/mol. The van der Waals surface area contributed by atoms with Crippen LogP contribution in [0.4, 0.5) is 0 Å². The summed E-state index contributed by atoms with van der Waals surface area (Å²) in [6.45, 7) is 0. The van der Waals surface area contributed by atoms with Crippen LogP contribution in [0.3, 0.4) is 0 Å². The van der Waals surface area contributed by atoms with Crippen LogP contribution in [0.15, 0.2) is 41.0 Å². The van der Waals surface area contributed by atoms with E-state index in [0.717, 1.165) is 49.3 Å². The first-order valence-corrected chi connectivity index (χ1v) is 7.36. The lowest BCUT2D eigenvalue weighted by molar-refractivity contribution is -0.140. The van der Waals surface area contributed by atoms with E-state index in [1.807, 2.05) is 30.3 Å². The molecule has 0 spiro atoms. The molecule has 2 aromatic rings. The predicted octanol–water partition coefficient (Wildman–Crippen LogP) is 4.01. The van der Waals surface area contributed by atoms with Gasteiger partial charge in [-0.15, -0.1) is 0 Å². The van der Waals surface area contributed by atoms with E-state index in [2.05, 4.69) is 9.72 Å². The molecule has 0 saturated carbocycles. The van der Waals surface area contributed by atoms with Crippen LogP contribution in [0.2, 0.25) is 0 Å². The molecule has 0 saturated heterocycles. The number of aryl methyl sites for hydroxylation is 1. The lowest BCUT2D eigenvalue weighted by Crippen LogP contribution is -1.99. The Morgan fingerprint density at radius 2 is 1.90 bits per heavy atom. The lowest BCUT2D eigenvalue weighted by Gasteiger charge is -1.99. The maximum atomic E-state index is 11.0. The molecule has 1 aromatic carbocycles. The molecule has 1 aromatic heterocycles. The summed E-state index contributed by atoms with van der Waals surface area (Å²) in [5.74, 6) is 0.650. The number of hydrogen-bond donors (Lipinski definition) is 0. The first-order chi connectivity index (χ1) is 10.3. The molecule has 0 aliphatic heterocycles. The zero-order valence-corrected chi connectivity index (χ0v) is 12.4. The zero-order chi connectivity index (χ0) is 14.9. The van der Waals surface area contributed by atoms with E-state index < -0.39 is 0 Å². The summed E-state index contributed by atoms with van der Waals surface area (Å²) in [7, 11) is 1.43. The Morgan fingerprint density at radius 1 is 1.14 bits per heavy atom. The summed E-state index contributed by atoms with van der Waals surface area (Å²) in [6, 6.07) is 10.0. The van der Waals surface area contributed by atoms with Gasteiger partial charge in [0, 0.05) is 18.4 Å². The molecule has 0 amide bonds. The second-order valence-corrected chi connectivity index (χ2v) is 4.98. The second-order valence-electron chi connectivity index (χ2n) is 4.98. The summed E-state index contributed by atoms with van der Waals surface area (Å²) in [4.78, 5) is 15.5. The van der Waals surface area contributed by atoms with Crippen LogP contribution in [0.5, 0.6) is 0 Å². The van der Waals surface area contributed by atoms with Crippen molar-refractivity contribution in [3.63, 3.8) is 0 Å². The Balaban J connectivity index is 1.68. The Hall–Kier alpha value is -2.10. The molecule has 2 rings (SSSR count). The number of carbonyl (C=O) groups excluding carboxylic acids is 1. The summed E-state index contributed by atoms with van der Waals surface area (Å²) in [5.41, 5.74) is 1.96. The number of methoxy groups -OCH3 is 1. The van der Waals surface area contributed by atoms with Gasteiger partial charge >= 0.3 is 5.97 Å². The fraction of sp³-hybridized carbons (Fsp3) is 0.412. The van der Waals surface area contributed by atoms with Gasteiger partial charge in [0.15, 0.2) is 5.89 Å². The topological polar surface area (TPSA) is 52.3 Å². The number of carbonyl (C=O) groups is 1. The van der Waals surface area contributed by atoms with Gasteiger partial charge in [0.1, 0.15) is 12.0 Å². The Labute approximate surface area is 125 Å². The van der Waals surface area contributed by atoms with Crippen molar-refractivity contribution in [3.8, 4) is 11.3 Å². The highest BCUT2D eigenvalue weighted by Gasteiger charge is 2.06. The monoisotopic (exact) mass is 287 g/mol. The summed E-state index contributed by atoms with van der Waals surface area (Å²) in [6.07, 6.45) is 7.06. The number of ether oxygens (including phenoxy) is 1. The number of aromatic nitrogens is 1. The molecule has 0 aliphatic carbocycles. The van der Waals surface area contributed by atoms with Crippen molar-refractivity contribution in [2.24, 2.45) is 0 Å². The fourth-order valence-electron chi connectivity index (χ4n) is 2.17. The molecular weight excluding hydrogens is 266 g/mol. The van der Waals surface area contributed by atoms with E-state index in [-0.39, 0.29) is 5.97 Å². The van der Waals surface area contributed by atoms with Crippen molar-refractivity contribution in [2.45, 2.75) is 38.5 Å². The molecule has 0 fully saturated rings. The third kappa shape index (κ3) is 5.06. The number of hydrogen-bond acceptors (Lipinski definition) is 4. The first kappa shape index (κ1) is 15.3. The number of benzene rings is 1. The van der Waals surface area contributed by atoms with Crippen molar-refractivity contribution in [1.82, 2.24) is 4.98 Å². The molecule has 112 valence electrons. The highest BCUT2D eigenvalue weighted by atomic mass is 16.5. The average Bonchev–Trinajstić information content (AvgIpc) is 3.00. The summed E-state index contributed by atoms with van der Waals surface area (Å²) in [5, 5.41) is 0. The Morgan fingerprint density at radius 3 is 2.67 bits per heavy atom. The van der Waals surface area contributed by atoms with E-state index in [9.17, 15) is 4.79 Å². The molecule has 0 unspecified atom stereocenters. The number of nitrogens with zero attached hydrogens (tertiary/aromatic N) is 1. The number of oxazole rings is 1. The minimum atomic E-state index is -0.129. The normalized spacial score (nSPS) is 10.5. The molecule has 21 heavy (non-hydrogen) atoms. The van der Waals surface area contributed by atoms with E-state index in [0.29, 0.717) is 6.42 Å². The van der Waals surface area contributed by atoms with Crippen LogP contribution in [-0.4, -0.2) is 18.1 Å². The third-order valence-corrected chi connectivity index (χ3v) is 3.37.